The van der Waals surface area contributed by atoms with Crippen LogP contribution in [-0.4, -0.2) is 15.3 Å². The highest BCUT2D eigenvalue weighted by Gasteiger charge is 2.07. The molecule has 2 aromatic heterocycles. The Morgan fingerprint density at radius 3 is 2.68 bits per heavy atom. The molecule has 0 saturated carbocycles. The molecule has 0 bridgehead atoms. The number of carbonyl (C=O) groups is 1. The van der Waals surface area contributed by atoms with Crippen LogP contribution in [0.1, 0.15) is 23.4 Å². The Kier molecular flexibility index (Phi) is 3.92. The normalized spacial score (nSPS) is 10.8. The molecule has 0 radical (unpaired) electrons. The summed E-state index contributed by atoms with van der Waals surface area (Å²) in [6.07, 6.45) is 3.15. The van der Waals surface area contributed by atoms with Crippen LogP contribution in [0.3, 0.4) is 0 Å². The molecule has 0 aliphatic carbocycles. The third-order valence-corrected chi connectivity index (χ3v) is 3.86. The maximum Gasteiger partial charge on any atom is 0.224 e. The van der Waals surface area contributed by atoms with Gasteiger partial charge in [0.2, 0.25) is 5.91 Å². The van der Waals surface area contributed by atoms with Gasteiger partial charge in [-0.2, -0.15) is 0 Å². The second-order valence-corrected chi connectivity index (χ2v) is 5.46. The van der Waals surface area contributed by atoms with Crippen LogP contribution in [0.25, 0.3) is 5.65 Å². The number of benzene rings is 1. The number of nitrogens with zero attached hydrogens (tertiary/aromatic N) is 2. The van der Waals surface area contributed by atoms with Crippen LogP contribution >= 0.6 is 0 Å². The zero-order chi connectivity index (χ0) is 15.5. The average molecular weight is 293 g/mol. The monoisotopic (exact) mass is 293 g/mol. The van der Waals surface area contributed by atoms with E-state index in [1.807, 2.05) is 66.9 Å². The van der Waals surface area contributed by atoms with Crippen molar-refractivity contribution in [2.75, 3.05) is 5.32 Å². The SMILES string of the molecule is Cc1nc2ccc(NC(=O)CCc3ccccc3)cn2c1C. The molecule has 0 spiro atoms. The van der Waals surface area contributed by atoms with E-state index in [-0.39, 0.29) is 5.91 Å². The van der Waals surface area contributed by atoms with Crippen molar-refractivity contribution >= 4 is 17.2 Å². The number of imidazole rings is 1. The van der Waals surface area contributed by atoms with Gasteiger partial charge < -0.3 is 9.72 Å². The van der Waals surface area contributed by atoms with E-state index in [4.69, 9.17) is 0 Å². The smallest absolute Gasteiger partial charge is 0.224 e. The van der Waals surface area contributed by atoms with Gasteiger partial charge in [-0.3, -0.25) is 4.79 Å². The lowest BCUT2D eigenvalue weighted by molar-refractivity contribution is -0.116. The fraction of sp³-hybridized carbons (Fsp3) is 0.222. The number of rotatable bonds is 4. The molecule has 0 unspecified atom stereocenters. The number of nitrogens with one attached hydrogen (secondary N) is 1. The molecule has 2 heterocycles. The van der Waals surface area contributed by atoms with Crippen molar-refractivity contribution in [3.05, 3.63) is 65.6 Å². The van der Waals surface area contributed by atoms with E-state index in [2.05, 4.69) is 10.3 Å². The third-order valence-electron chi connectivity index (χ3n) is 3.86. The lowest BCUT2D eigenvalue weighted by atomic mass is 10.1. The first-order valence-electron chi connectivity index (χ1n) is 7.42. The number of pyridine rings is 1. The van der Waals surface area contributed by atoms with Crippen molar-refractivity contribution < 1.29 is 4.79 Å². The highest BCUT2D eigenvalue weighted by Crippen LogP contribution is 2.15. The van der Waals surface area contributed by atoms with Crippen LogP contribution in [0.4, 0.5) is 5.69 Å². The molecule has 22 heavy (non-hydrogen) atoms. The summed E-state index contributed by atoms with van der Waals surface area (Å²) in [7, 11) is 0. The van der Waals surface area contributed by atoms with Crippen molar-refractivity contribution in [1.82, 2.24) is 9.38 Å². The van der Waals surface area contributed by atoms with Crippen LogP contribution in [0.5, 0.6) is 0 Å². The summed E-state index contributed by atoms with van der Waals surface area (Å²) in [6.45, 7) is 4.01. The summed E-state index contributed by atoms with van der Waals surface area (Å²) < 4.78 is 2.00. The molecule has 1 aromatic carbocycles. The van der Waals surface area contributed by atoms with Crippen molar-refractivity contribution in [2.24, 2.45) is 0 Å². The minimum absolute atomic E-state index is 0.0256. The van der Waals surface area contributed by atoms with Crippen LogP contribution in [0, 0.1) is 13.8 Å². The van der Waals surface area contributed by atoms with E-state index >= 15 is 0 Å². The second kappa shape index (κ2) is 6.02. The van der Waals surface area contributed by atoms with Crippen LogP contribution < -0.4 is 5.32 Å². The van der Waals surface area contributed by atoms with Crippen molar-refractivity contribution in [3.8, 4) is 0 Å². The third kappa shape index (κ3) is 3.01. The minimum atomic E-state index is 0.0256. The van der Waals surface area contributed by atoms with Crippen molar-refractivity contribution in [3.63, 3.8) is 0 Å². The minimum Gasteiger partial charge on any atom is -0.325 e. The average Bonchev–Trinajstić information content (AvgIpc) is 2.81. The maximum absolute atomic E-state index is 12.1. The van der Waals surface area contributed by atoms with Gasteiger partial charge in [0.05, 0.1) is 11.4 Å². The van der Waals surface area contributed by atoms with Crippen LogP contribution in [0.2, 0.25) is 0 Å². The number of aromatic nitrogens is 2. The summed E-state index contributed by atoms with van der Waals surface area (Å²) in [5.74, 6) is 0.0256. The highest BCUT2D eigenvalue weighted by atomic mass is 16.1. The number of carbonyl (C=O) groups excluding carboxylic acids is 1. The van der Waals surface area contributed by atoms with E-state index in [1.165, 1.54) is 5.56 Å². The number of amides is 1. The van der Waals surface area contributed by atoms with Gasteiger partial charge in [0.15, 0.2) is 0 Å². The van der Waals surface area contributed by atoms with Gasteiger partial charge in [0.25, 0.3) is 0 Å². The Morgan fingerprint density at radius 2 is 1.91 bits per heavy atom. The van der Waals surface area contributed by atoms with E-state index in [1.54, 1.807) is 0 Å². The van der Waals surface area contributed by atoms with E-state index in [0.29, 0.717) is 6.42 Å². The molecule has 3 rings (SSSR count). The predicted octanol–water partition coefficient (Wildman–Crippen LogP) is 3.52. The molecule has 112 valence electrons. The summed E-state index contributed by atoms with van der Waals surface area (Å²) in [4.78, 5) is 16.5. The van der Waals surface area contributed by atoms with E-state index in [0.717, 1.165) is 29.1 Å². The van der Waals surface area contributed by atoms with Gasteiger partial charge in [-0.1, -0.05) is 30.3 Å². The number of fused-ring (bicyclic) bond motifs is 1. The Balaban J connectivity index is 1.67. The van der Waals surface area contributed by atoms with Gasteiger partial charge in [-0.05, 0) is 38.0 Å². The van der Waals surface area contributed by atoms with E-state index < -0.39 is 0 Å². The first-order valence-corrected chi connectivity index (χ1v) is 7.42. The number of hydrogen-bond donors (Lipinski definition) is 1. The molecular weight excluding hydrogens is 274 g/mol. The number of anilines is 1. The molecule has 3 aromatic rings. The molecule has 0 aliphatic rings. The summed E-state index contributed by atoms with van der Waals surface area (Å²) in [6, 6.07) is 13.9. The Labute approximate surface area is 129 Å². The summed E-state index contributed by atoms with van der Waals surface area (Å²) >= 11 is 0. The van der Waals surface area contributed by atoms with Gasteiger partial charge in [-0.15, -0.1) is 0 Å². The van der Waals surface area contributed by atoms with Gasteiger partial charge >= 0.3 is 0 Å². The quantitative estimate of drug-likeness (QED) is 0.800. The molecule has 4 heteroatoms. The Hall–Kier alpha value is -2.62. The van der Waals surface area contributed by atoms with Crippen LogP contribution in [0.15, 0.2) is 48.7 Å². The zero-order valence-electron chi connectivity index (χ0n) is 12.8. The zero-order valence-corrected chi connectivity index (χ0v) is 12.8. The Morgan fingerprint density at radius 1 is 1.14 bits per heavy atom. The fourth-order valence-electron chi connectivity index (χ4n) is 2.48. The molecule has 0 fully saturated rings. The number of aryl methyl sites for hydroxylation is 3. The molecule has 1 N–H and O–H groups in total. The molecule has 0 saturated heterocycles. The van der Waals surface area contributed by atoms with Gasteiger partial charge in [0, 0.05) is 18.3 Å². The first kappa shape index (κ1) is 14.3. The van der Waals surface area contributed by atoms with Gasteiger partial charge in [0.1, 0.15) is 5.65 Å². The topological polar surface area (TPSA) is 46.4 Å². The fourth-order valence-corrected chi connectivity index (χ4v) is 2.48. The Bertz CT molecular complexity index is 806. The summed E-state index contributed by atoms with van der Waals surface area (Å²) in [5.41, 5.74) is 4.97. The molecular formula is C18H19N3O. The first-order chi connectivity index (χ1) is 10.6. The van der Waals surface area contributed by atoms with Gasteiger partial charge in [-0.25, -0.2) is 4.98 Å². The largest absolute Gasteiger partial charge is 0.325 e. The molecule has 0 aliphatic heterocycles. The number of hydrogen-bond acceptors (Lipinski definition) is 2. The molecule has 4 nitrogen and oxygen atoms in total. The molecule has 1 amide bonds. The summed E-state index contributed by atoms with van der Waals surface area (Å²) in [5, 5.41) is 2.95. The lowest BCUT2D eigenvalue weighted by Gasteiger charge is -2.06. The van der Waals surface area contributed by atoms with Crippen molar-refractivity contribution in [2.45, 2.75) is 26.7 Å². The predicted molar refractivity (Wildman–Crippen MR) is 88.1 cm³/mol. The standard InChI is InChI=1S/C18H19N3O/c1-13-14(2)21-12-16(9-10-17(21)19-13)20-18(22)11-8-15-6-4-3-5-7-15/h3-7,9-10,12H,8,11H2,1-2H3,(H,20,22). The highest BCUT2D eigenvalue weighted by molar-refractivity contribution is 5.90. The second-order valence-electron chi connectivity index (χ2n) is 5.46. The van der Waals surface area contributed by atoms with Crippen molar-refractivity contribution in [1.29, 1.82) is 0 Å². The maximum atomic E-state index is 12.1. The molecule has 0 atom stereocenters. The van der Waals surface area contributed by atoms with E-state index in [9.17, 15) is 4.79 Å². The van der Waals surface area contributed by atoms with Crippen LogP contribution in [-0.2, 0) is 11.2 Å². The lowest BCUT2D eigenvalue weighted by Crippen LogP contribution is -2.12.